The van der Waals surface area contributed by atoms with E-state index in [1.807, 2.05) is 12.1 Å². The summed E-state index contributed by atoms with van der Waals surface area (Å²) in [6, 6.07) is 8.15. The minimum absolute atomic E-state index is 0.466. The first-order chi connectivity index (χ1) is 8.30. The molecule has 0 bridgehead atoms. The number of anilines is 1. The summed E-state index contributed by atoms with van der Waals surface area (Å²) >= 11 is 0. The predicted octanol–water partition coefficient (Wildman–Crippen LogP) is 2.34. The molecule has 1 heterocycles. The molecule has 0 atom stereocenters. The lowest BCUT2D eigenvalue weighted by Gasteiger charge is -2.08. The van der Waals surface area contributed by atoms with E-state index in [2.05, 4.69) is 29.5 Å². The van der Waals surface area contributed by atoms with Crippen molar-refractivity contribution in [1.82, 2.24) is 4.98 Å². The number of hydrogen-bond acceptors (Lipinski definition) is 4. The molecule has 0 spiro atoms. The Morgan fingerprint density at radius 2 is 2.29 bits per heavy atom. The monoisotopic (exact) mass is 226 g/mol. The highest BCUT2D eigenvalue weighted by Gasteiger charge is 2.07. The van der Waals surface area contributed by atoms with Gasteiger partial charge in [0.25, 0.3) is 0 Å². The van der Waals surface area contributed by atoms with Gasteiger partial charge in [-0.15, -0.1) is 0 Å². The molecule has 17 heavy (non-hydrogen) atoms. The van der Waals surface area contributed by atoms with E-state index in [1.54, 1.807) is 0 Å². The second-order valence-corrected chi connectivity index (χ2v) is 3.90. The van der Waals surface area contributed by atoms with Crippen LogP contribution >= 0.6 is 0 Å². The second kappa shape index (κ2) is 4.81. The first kappa shape index (κ1) is 11.4. The first-order valence-electron chi connectivity index (χ1n) is 5.58. The highest BCUT2D eigenvalue weighted by atomic mass is 15.2. The number of aromatic nitrogens is 1. The van der Waals surface area contributed by atoms with Crippen LogP contribution in [0.5, 0.6) is 0 Å². The second-order valence-electron chi connectivity index (χ2n) is 3.90. The van der Waals surface area contributed by atoms with Crippen LogP contribution in [0.15, 0.2) is 24.4 Å². The molecule has 86 valence electrons. The summed E-state index contributed by atoms with van der Waals surface area (Å²) in [4.78, 5) is 4.24. The molecular weight excluding hydrogens is 212 g/mol. The van der Waals surface area contributed by atoms with Gasteiger partial charge in [0.1, 0.15) is 6.07 Å². The summed E-state index contributed by atoms with van der Waals surface area (Å²) < 4.78 is 0. The summed E-state index contributed by atoms with van der Waals surface area (Å²) in [5, 5.41) is 9.90. The Morgan fingerprint density at radius 1 is 1.47 bits per heavy atom. The molecule has 0 unspecified atom stereocenters. The molecule has 0 aliphatic carbocycles. The molecule has 1 aromatic carbocycles. The molecule has 1 aromatic heterocycles. The van der Waals surface area contributed by atoms with Crippen molar-refractivity contribution in [1.29, 1.82) is 5.26 Å². The number of nitrogen functional groups attached to an aromatic ring is 1. The van der Waals surface area contributed by atoms with E-state index < -0.39 is 0 Å². The molecule has 0 aliphatic heterocycles. The lowest BCUT2D eigenvalue weighted by molar-refractivity contribution is 0.923. The van der Waals surface area contributed by atoms with Gasteiger partial charge in [-0.1, -0.05) is 19.4 Å². The van der Waals surface area contributed by atoms with Crippen molar-refractivity contribution in [2.45, 2.75) is 19.8 Å². The van der Waals surface area contributed by atoms with E-state index in [0.717, 1.165) is 23.7 Å². The van der Waals surface area contributed by atoms with Crippen LogP contribution in [0.4, 0.5) is 5.69 Å². The first-order valence-corrected chi connectivity index (χ1v) is 5.58. The van der Waals surface area contributed by atoms with E-state index in [9.17, 15) is 0 Å². The minimum Gasteiger partial charge on any atom is -0.322 e. The highest BCUT2D eigenvalue weighted by Crippen LogP contribution is 2.26. The van der Waals surface area contributed by atoms with Crippen LogP contribution in [0.2, 0.25) is 0 Å². The third-order valence-electron chi connectivity index (χ3n) is 2.74. The summed E-state index contributed by atoms with van der Waals surface area (Å²) in [6.45, 7) is 2.14. The van der Waals surface area contributed by atoms with Crippen LogP contribution < -0.4 is 11.3 Å². The third-order valence-corrected chi connectivity index (χ3v) is 2.74. The van der Waals surface area contributed by atoms with Crippen molar-refractivity contribution >= 4 is 16.6 Å². The van der Waals surface area contributed by atoms with Crippen LogP contribution in [-0.2, 0) is 6.42 Å². The van der Waals surface area contributed by atoms with Gasteiger partial charge in [-0.3, -0.25) is 10.8 Å². The lowest BCUT2D eigenvalue weighted by atomic mass is 10.0. The zero-order valence-electron chi connectivity index (χ0n) is 9.70. The fraction of sp³-hybridized carbons (Fsp3) is 0.231. The van der Waals surface area contributed by atoms with Crippen molar-refractivity contribution in [3.8, 4) is 6.07 Å². The number of hydrazine groups is 1. The molecule has 4 nitrogen and oxygen atoms in total. The Bertz CT molecular complexity index is 584. The van der Waals surface area contributed by atoms with Gasteiger partial charge in [0.05, 0.1) is 16.8 Å². The lowest BCUT2D eigenvalue weighted by Crippen LogP contribution is -2.09. The summed E-state index contributed by atoms with van der Waals surface area (Å²) in [7, 11) is 0. The molecule has 0 fully saturated rings. The van der Waals surface area contributed by atoms with E-state index in [4.69, 9.17) is 11.1 Å². The number of aryl methyl sites for hydroxylation is 1. The van der Waals surface area contributed by atoms with Gasteiger partial charge >= 0.3 is 0 Å². The molecule has 0 aliphatic rings. The molecule has 0 radical (unpaired) electrons. The predicted molar refractivity (Wildman–Crippen MR) is 68.3 cm³/mol. The summed E-state index contributed by atoms with van der Waals surface area (Å²) in [5.74, 6) is 5.49. The molecular formula is C13H14N4. The number of nitrogens with zero attached hydrogens (tertiary/aromatic N) is 2. The largest absolute Gasteiger partial charge is 0.322 e. The Balaban J connectivity index is 2.68. The van der Waals surface area contributed by atoms with Crippen LogP contribution in [-0.4, -0.2) is 4.98 Å². The smallest absolute Gasteiger partial charge is 0.103 e. The third kappa shape index (κ3) is 2.05. The van der Waals surface area contributed by atoms with Crippen molar-refractivity contribution in [3.05, 3.63) is 35.5 Å². The number of nitriles is 1. The Hall–Kier alpha value is -2.12. The van der Waals surface area contributed by atoms with Crippen LogP contribution in [0.3, 0.4) is 0 Å². The van der Waals surface area contributed by atoms with E-state index in [0.29, 0.717) is 11.3 Å². The zero-order chi connectivity index (χ0) is 12.3. The van der Waals surface area contributed by atoms with Crippen molar-refractivity contribution in [3.63, 3.8) is 0 Å². The van der Waals surface area contributed by atoms with Gasteiger partial charge in [0, 0.05) is 11.6 Å². The minimum atomic E-state index is 0.466. The maximum Gasteiger partial charge on any atom is 0.103 e. The Kier molecular flexibility index (Phi) is 3.22. The number of hydrogen-bond donors (Lipinski definition) is 2. The van der Waals surface area contributed by atoms with Gasteiger partial charge in [-0.05, 0) is 24.1 Å². The fourth-order valence-corrected chi connectivity index (χ4v) is 1.92. The molecule has 3 N–H and O–H groups in total. The molecule has 0 saturated heterocycles. The highest BCUT2D eigenvalue weighted by molar-refractivity contribution is 5.94. The fourth-order valence-electron chi connectivity index (χ4n) is 1.92. The number of pyridine rings is 1. The number of fused-ring (bicyclic) bond motifs is 1. The summed E-state index contributed by atoms with van der Waals surface area (Å²) in [5.41, 5.74) is 5.79. The maximum atomic E-state index is 9.00. The van der Waals surface area contributed by atoms with Gasteiger partial charge in [-0.2, -0.15) is 5.26 Å². The normalized spacial score (nSPS) is 10.2. The van der Waals surface area contributed by atoms with Crippen molar-refractivity contribution < 1.29 is 0 Å². The van der Waals surface area contributed by atoms with E-state index in [-0.39, 0.29) is 0 Å². The molecule has 4 heteroatoms. The maximum absolute atomic E-state index is 9.00. The number of nitrogens with one attached hydrogen (secondary N) is 1. The SMILES string of the molecule is CCCc1ccc2ncc(C#N)c(NN)c2c1. The molecule has 2 rings (SSSR count). The Labute approximate surface area is 100 Å². The van der Waals surface area contributed by atoms with Gasteiger partial charge in [0.15, 0.2) is 0 Å². The topological polar surface area (TPSA) is 74.7 Å². The molecule has 0 amide bonds. The Morgan fingerprint density at radius 3 is 2.94 bits per heavy atom. The average molecular weight is 226 g/mol. The van der Waals surface area contributed by atoms with Crippen LogP contribution in [0.1, 0.15) is 24.5 Å². The van der Waals surface area contributed by atoms with E-state index in [1.165, 1.54) is 11.8 Å². The number of nitrogens with two attached hydrogens (primary N) is 1. The number of rotatable bonds is 3. The molecule has 0 saturated carbocycles. The quantitative estimate of drug-likeness (QED) is 0.622. The zero-order valence-corrected chi connectivity index (χ0v) is 9.70. The van der Waals surface area contributed by atoms with Crippen molar-refractivity contribution in [2.75, 3.05) is 5.43 Å². The summed E-state index contributed by atoms with van der Waals surface area (Å²) in [6.07, 6.45) is 3.63. The average Bonchev–Trinajstić information content (AvgIpc) is 2.37. The number of benzene rings is 1. The van der Waals surface area contributed by atoms with Crippen LogP contribution in [0.25, 0.3) is 10.9 Å². The molecule has 2 aromatic rings. The van der Waals surface area contributed by atoms with Crippen LogP contribution in [0, 0.1) is 11.3 Å². The van der Waals surface area contributed by atoms with Gasteiger partial charge in [0.2, 0.25) is 0 Å². The standard InChI is InChI=1S/C13H14N4/c1-2-3-9-4-5-12-11(6-9)13(17-15)10(7-14)8-16-12/h4-6,8H,2-3,15H2,1H3,(H,16,17). The van der Waals surface area contributed by atoms with Gasteiger partial charge < -0.3 is 5.43 Å². The van der Waals surface area contributed by atoms with Crippen molar-refractivity contribution in [2.24, 2.45) is 5.84 Å². The van der Waals surface area contributed by atoms with Gasteiger partial charge in [-0.25, -0.2) is 0 Å². The van der Waals surface area contributed by atoms with E-state index >= 15 is 0 Å².